The van der Waals surface area contributed by atoms with Crippen molar-refractivity contribution in [2.45, 2.75) is 51.2 Å². The van der Waals surface area contributed by atoms with Gasteiger partial charge in [-0.3, -0.25) is 0 Å². The van der Waals surface area contributed by atoms with Crippen LogP contribution in [0.2, 0.25) is 0 Å². The lowest BCUT2D eigenvalue weighted by atomic mass is 9.93. The zero-order chi connectivity index (χ0) is 12.5. The Hall–Kier alpha value is -1.36. The predicted molar refractivity (Wildman–Crippen MR) is 67.9 cm³/mol. The maximum absolute atomic E-state index is 9.51. The number of hydrogen-bond acceptors (Lipinski definition) is 5. The van der Waals surface area contributed by atoms with Crippen molar-refractivity contribution in [3.05, 3.63) is 11.5 Å². The summed E-state index contributed by atoms with van der Waals surface area (Å²) in [5.41, 5.74) is 1.01. The van der Waals surface area contributed by atoms with Gasteiger partial charge in [-0.05, 0) is 32.6 Å². The quantitative estimate of drug-likeness (QED) is 0.830. The molecule has 0 saturated heterocycles. The number of nitrogens with zero attached hydrogens (tertiary/aromatic N) is 2. The molecule has 98 valence electrons. The van der Waals surface area contributed by atoms with E-state index in [9.17, 15) is 5.11 Å². The second-order valence-corrected chi connectivity index (χ2v) is 5.14. The topological polar surface area (TPSA) is 67.3 Å². The second kappa shape index (κ2) is 4.72. The first-order valence-electron chi connectivity index (χ1n) is 6.67. The first-order valence-corrected chi connectivity index (χ1v) is 6.67. The van der Waals surface area contributed by atoms with Crippen LogP contribution in [0.5, 0.6) is 5.75 Å². The maximum Gasteiger partial charge on any atom is 0.183 e. The highest BCUT2D eigenvalue weighted by Crippen LogP contribution is 2.32. The van der Waals surface area contributed by atoms with Gasteiger partial charge in [0.15, 0.2) is 11.6 Å². The summed E-state index contributed by atoms with van der Waals surface area (Å²) in [6.07, 6.45) is 4.45. The smallest absolute Gasteiger partial charge is 0.183 e. The van der Waals surface area contributed by atoms with Gasteiger partial charge in [-0.15, -0.1) is 0 Å². The molecular formula is C13H19N3O2. The molecule has 18 heavy (non-hydrogen) atoms. The van der Waals surface area contributed by atoms with Crippen molar-refractivity contribution in [2.75, 3.05) is 11.9 Å². The summed E-state index contributed by atoms with van der Waals surface area (Å²) < 4.78 is 5.61. The van der Waals surface area contributed by atoms with Crippen molar-refractivity contribution in [1.82, 2.24) is 9.97 Å². The number of aliphatic hydroxyl groups excluding tert-OH is 1. The average molecular weight is 249 g/mol. The summed E-state index contributed by atoms with van der Waals surface area (Å²) in [6, 6.07) is 0.385. The Kier molecular flexibility index (Phi) is 3.07. The summed E-state index contributed by atoms with van der Waals surface area (Å²) in [5.74, 6) is 2.45. The molecule has 1 aliphatic carbocycles. The Morgan fingerprint density at radius 2 is 2.00 bits per heavy atom. The van der Waals surface area contributed by atoms with Gasteiger partial charge >= 0.3 is 0 Å². The third-order valence-corrected chi connectivity index (χ3v) is 3.67. The first-order chi connectivity index (χ1) is 8.72. The van der Waals surface area contributed by atoms with Crippen LogP contribution in [0.1, 0.15) is 37.2 Å². The van der Waals surface area contributed by atoms with Crippen LogP contribution in [-0.4, -0.2) is 33.8 Å². The second-order valence-electron chi connectivity index (χ2n) is 5.14. The molecule has 0 unspecified atom stereocenters. The largest absolute Gasteiger partial charge is 0.487 e. The molecular weight excluding hydrogens is 230 g/mol. The molecule has 2 heterocycles. The number of nitrogens with one attached hydrogen (secondary N) is 1. The molecule has 1 saturated carbocycles. The highest BCUT2D eigenvalue weighted by atomic mass is 16.5. The number of aliphatic hydroxyl groups is 1. The summed E-state index contributed by atoms with van der Waals surface area (Å²) in [6.45, 7) is 2.61. The molecule has 0 bridgehead atoms. The molecule has 0 radical (unpaired) electrons. The van der Waals surface area contributed by atoms with Crippen LogP contribution in [0.15, 0.2) is 0 Å². The van der Waals surface area contributed by atoms with Crippen molar-refractivity contribution < 1.29 is 9.84 Å². The minimum Gasteiger partial charge on any atom is -0.487 e. The Bertz CT molecular complexity index is 442. The lowest BCUT2D eigenvalue weighted by Gasteiger charge is -2.27. The Labute approximate surface area is 107 Å². The van der Waals surface area contributed by atoms with Crippen LogP contribution in [0.3, 0.4) is 0 Å². The summed E-state index contributed by atoms with van der Waals surface area (Å²) in [7, 11) is 0. The number of hydrogen-bond donors (Lipinski definition) is 2. The summed E-state index contributed by atoms with van der Waals surface area (Å²) >= 11 is 0. The van der Waals surface area contributed by atoms with Crippen LogP contribution in [0.4, 0.5) is 5.82 Å². The molecule has 2 aliphatic rings. The monoisotopic (exact) mass is 249 g/mol. The normalized spacial score (nSPS) is 26.6. The van der Waals surface area contributed by atoms with E-state index in [0.717, 1.165) is 55.2 Å². The highest BCUT2D eigenvalue weighted by Gasteiger charge is 2.24. The van der Waals surface area contributed by atoms with Crippen LogP contribution in [0, 0.1) is 6.92 Å². The molecule has 0 amide bonds. The van der Waals surface area contributed by atoms with Gasteiger partial charge in [0, 0.05) is 12.5 Å². The van der Waals surface area contributed by atoms with Gasteiger partial charge in [0.1, 0.15) is 5.82 Å². The highest BCUT2D eigenvalue weighted by molar-refractivity contribution is 5.54. The zero-order valence-electron chi connectivity index (χ0n) is 10.6. The molecule has 0 spiro atoms. The summed E-state index contributed by atoms with van der Waals surface area (Å²) in [4.78, 5) is 8.85. The number of aromatic nitrogens is 2. The van der Waals surface area contributed by atoms with Gasteiger partial charge in [0.25, 0.3) is 0 Å². The third-order valence-electron chi connectivity index (χ3n) is 3.67. The Balaban J connectivity index is 1.76. The number of ether oxygens (including phenoxy) is 1. The zero-order valence-corrected chi connectivity index (χ0v) is 10.6. The molecule has 0 aromatic carbocycles. The summed E-state index contributed by atoms with van der Waals surface area (Å²) in [5, 5.41) is 13.0. The molecule has 1 fully saturated rings. The van der Waals surface area contributed by atoms with Crippen LogP contribution in [-0.2, 0) is 6.42 Å². The van der Waals surface area contributed by atoms with Crippen molar-refractivity contribution in [3.63, 3.8) is 0 Å². The SMILES string of the molecule is Cc1nc2c(c(NC3CCC(O)CC3)n1)OCC2. The number of anilines is 1. The fourth-order valence-corrected chi connectivity index (χ4v) is 2.70. The molecule has 2 N–H and O–H groups in total. The van der Waals surface area contributed by atoms with Crippen molar-refractivity contribution >= 4 is 5.82 Å². The van der Waals surface area contributed by atoms with Gasteiger partial charge in [-0.1, -0.05) is 0 Å². The van der Waals surface area contributed by atoms with Crippen LogP contribution < -0.4 is 10.1 Å². The Morgan fingerprint density at radius 1 is 1.22 bits per heavy atom. The van der Waals surface area contributed by atoms with E-state index >= 15 is 0 Å². The first kappa shape index (κ1) is 11.7. The molecule has 3 rings (SSSR count). The number of fused-ring (bicyclic) bond motifs is 1. The van der Waals surface area contributed by atoms with Crippen LogP contribution >= 0.6 is 0 Å². The maximum atomic E-state index is 9.51. The van der Waals surface area contributed by atoms with E-state index in [4.69, 9.17) is 4.74 Å². The Morgan fingerprint density at radius 3 is 2.78 bits per heavy atom. The van der Waals surface area contributed by atoms with Crippen molar-refractivity contribution in [3.8, 4) is 5.75 Å². The molecule has 1 aliphatic heterocycles. The van der Waals surface area contributed by atoms with Gasteiger partial charge in [-0.2, -0.15) is 0 Å². The number of aryl methyl sites for hydroxylation is 1. The standard InChI is InChI=1S/C13H19N3O2/c1-8-14-11-6-7-18-12(11)13(15-8)16-9-2-4-10(17)5-3-9/h9-10,17H,2-7H2,1H3,(H,14,15,16). The van der Waals surface area contributed by atoms with Crippen LogP contribution in [0.25, 0.3) is 0 Å². The van der Waals surface area contributed by atoms with Gasteiger partial charge in [0.05, 0.1) is 18.4 Å². The lowest BCUT2D eigenvalue weighted by molar-refractivity contribution is 0.126. The third kappa shape index (κ3) is 2.27. The molecule has 0 atom stereocenters. The van der Waals surface area contributed by atoms with Crippen molar-refractivity contribution in [1.29, 1.82) is 0 Å². The molecule has 5 heteroatoms. The van der Waals surface area contributed by atoms with E-state index in [-0.39, 0.29) is 6.10 Å². The minimum atomic E-state index is -0.128. The fraction of sp³-hybridized carbons (Fsp3) is 0.692. The molecule has 5 nitrogen and oxygen atoms in total. The minimum absolute atomic E-state index is 0.128. The lowest BCUT2D eigenvalue weighted by Crippen LogP contribution is -2.28. The fourth-order valence-electron chi connectivity index (χ4n) is 2.70. The van der Waals surface area contributed by atoms with E-state index in [1.165, 1.54) is 0 Å². The van der Waals surface area contributed by atoms with E-state index in [2.05, 4.69) is 15.3 Å². The van der Waals surface area contributed by atoms with Crippen molar-refractivity contribution in [2.24, 2.45) is 0 Å². The average Bonchev–Trinajstić information content (AvgIpc) is 2.80. The van der Waals surface area contributed by atoms with E-state index < -0.39 is 0 Å². The van der Waals surface area contributed by atoms with E-state index in [0.29, 0.717) is 12.6 Å². The van der Waals surface area contributed by atoms with Gasteiger partial charge in [-0.25, -0.2) is 9.97 Å². The number of rotatable bonds is 2. The van der Waals surface area contributed by atoms with Gasteiger partial charge < -0.3 is 15.2 Å². The van der Waals surface area contributed by atoms with E-state index in [1.807, 2.05) is 6.92 Å². The van der Waals surface area contributed by atoms with Gasteiger partial charge in [0.2, 0.25) is 0 Å². The predicted octanol–water partition coefficient (Wildman–Crippen LogP) is 1.44. The molecule has 1 aromatic rings. The molecule has 1 aromatic heterocycles. The van der Waals surface area contributed by atoms with E-state index in [1.54, 1.807) is 0 Å².